The fraction of sp³-hybridized carbons (Fsp3) is 0.556. The SMILES string of the molecule is CC(C)(O)c1cnnn1[C@H]1C[C@@H](C(=O)NC2(C(O)C(N)=O)CCS(=O)(=O)C2)N(C(=O)[C@@H](CC2CCCCC2)NC(=O)c2ccc3ccccc3c2)C1. The van der Waals surface area contributed by atoms with Crippen molar-refractivity contribution >= 4 is 44.2 Å². The number of hydrogen-bond donors (Lipinski definition) is 5. The number of nitrogens with zero attached hydrogens (tertiary/aromatic N) is 4. The standard InChI is InChI=1S/C36H47N7O8S/c1-35(2,49)29-19-38-41-43(29)26-18-28(33(47)40-36(30(44)31(37)45)14-15-52(50,51)21-36)42(20-26)34(48)27(16-22-8-4-3-5-9-22)39-32(46)25-13-12-23-10-6-7-11-24(23)17-25/h6-7,10-13,17,19,22,26-28,30,44,49H,3-5,8-9,14-16,18,20-21H2,1-2H3,(H2,37,45)(H,39,46)(H,40,47)/t26-,27+,28-,30?,36?/m0/s1. The zero-order valence-corrected chi connectivity index (χ0v) is 30.2. The number of aromatic nitrogens is 3. The molecule has 3 heterocycles. The third-order valence-corrected chi connectivity index (χ3v) is 12.6. The zero-order valence-electron chi connectivity index (χ0n) is 29.4. The van der Waals surface area contributed by atoms with E-state index in [9.17, 15) is 37.8 Å². The Hall–Kier alpha value is -4.41. The Labute approximate surface area is 302 Å². The summed E-state index contributed by atoms with van der Waals surface area (Å²) in [7, 11) is -3.74. The van der Waals surface area contributed by atoms with Crippen molar-refractivity contribution in [3.8, 4) is 0 Å². The van der Waals surface area contributed by atoms with Gasteiger partial charge in [-0.15, -0.1) is 5.10 Å². The second-order valence-electron chi connectivity index (χ2n) is 15.1. The van der Waals surface area contributed by atoms with Crippen LogP contribution in [0.3, 0.4) is 0 Å². The van der Waals surface area contributed by atoms with Gasteiger partial charge in [-0.05, 0) is 55.5 Å². The summed E-state index contributed by atoms with van der Waals surface area (Å²) in [4.78, 5) is 56.4. The second-order valence-corrected chi connectivity index (χ2v) is 17.3. The van der Waals surface area contributed by atoms with Crippen LogP contribution in [0.25, 0.3) is 10.8 Å². The van der Waals surface area contributed by atoms with Gasteiger partial charge in [0.05, 0.1) is 35.0 Å². The number of nitrogens with one attached hydrogen (secondary N) is 2. The summed E-state index contributed by atoms with van der Waals surface area (Å²) in [5.74, 6) is -3.90. The van der Waals surface area contributed by atoms with Crippen molar-refractivity contribution in [2.75, 3.05) is 18.1 Å². The van der Waals surface area contributed by atoms with Crippen molar-refractivity contribution in [3.63, 3.8) is 0 Å². The summed E-state index contributed by atoms with van der Waals surface area (Å²) < 4.78 is 26.7. The van der Waals surface area contributed by atoms with Crippen molar-refractivity contribution in [1.82, 2.24) is 30.5 Å². The third-order valence-electron chi connectivity index (χ3n) is 10.8. The van der Waals surface area contributed by atoms with Crippen LogP contribution in [0.2, 0.25) is 0 Å². The molecule has 3 aromatic rings. The van der Waals surface area contributed by atoms with Gasteiger partial charge in [-0.25, -0.2) is 13.1 Å². The topological polar surface area (TPSA) is 227 Å². The molecule has 2 saturated heterocycles. The van der Waals surface area contributed by atoms with E-state index in [1.54, 1.807) is 26.0 Å². The number of nitrogens with two attached hydrogens (primary N) is 1. The van der Waals surface area contributed by atoms with Gasteiger partial charge in [0, 0.05) is 18.5 Å². The van der Waals surface area contributed by atoms with Crippen LogP contribution in [0.1, 0.15) is 87.3 Å². The molecule has 2 aromatic carbocycles. The minimum Gasteiger partial charge on any atom is -0.384 e. The molecule has 6 N–H and O–H groups in total. The number of likely N-dealkylation sites (tertiary alicyclic amines) is 1. The number of carbonyl (C=O) groups is 4. The van der Waals surface area contributed by atoms with Crippen molar-refractivity contribution in [2.45, 2.75) is 101 Å². The summed E-state index contributed by atoms with van der Waals surface area (Å²) in [5.41, 5.74) is 2.86. The summed E-state index contributed by atoms with van der Waals surface area (Å²) in [6, 6.07) is 10.0. The molecular weight excluding hydrogens is 691 g/mol. The summed E-state index contributed by atoms with van der Waals surface area (Å²) >= 11 is 0. The van der Waals surface area contributed by atoms with Crippen molar-refractivity contribution in [1.29, 1.82) is 0 Å². The maximum atomic E-state index is 14.8. The van der Waals surface area contributed by atoms with Crippen LogP contribution in [-0.2, 0) is 29.8 Å². The highest BCUT2D eigenvalue weighted by atomic mass is 32.2. The number of carbonyl (C=O) groups excluding carboxylic acids is 4. The molecule has 4 amide bonds. The molecule has 280 valence electrons. The number of aliphatic hydroxyl groups excluding tert-OH is 1. The first-order chi connectivity index (χ1) is 24.6. The van der Waals surface area contributed by atoms with Crippen LogP contribution in [0.4, 0.5) is 0 Å². The fourth-order valence-electron chi connectivity index (χ4n) is 8.04. The molecule has 0 spiro atoms. The zero-order chi connectivity index (χ0) is 37.4. The molecule has 0 bridgehead atoms. The van der Waals surface area contributed by atoms with Crippen molar-refractivity contribution in [2.24, 2.45) is 11.7 Å². The Balaban J connectivity index is 1.34. The van der Waals surface area contributed by atoms with Crippen LogP contribution in [0, 0.1) is 5.92 Å². The molecular formula is C36H47N7O8S. The predicted molar refractivity (Wildman–Crippen MR) is 190 cm³/mol. The Morgan fingerprint density at radius 1 is 1.08 bits per heavy atom. The number of benzene rings is 2. The first-order valence-electron chi connectivity index (χ1n) is 17.8. The average Bonchev–Trinajstić information content (AvgIpc) is 3.85. The highest BCUT2D eigenvalue weighted by molar-refractivity contribution is 7.91. The van der Waals surface area contributed by atoms with E-state index in [2.05, 4.69) is 20.9 Å². The molecule has 52 heavy (non-hydrogen) atoms. The molecule has 1 aliphatic carbocycles. The van der Waals surface area contributed by atoms with Crippen LogP contribution in [0.15, 0.2) is 48.7 Å². The van der Waals surface area contributed by atoms with E-state index in [-0.39, 0.29) is 31.1 Å². The van der Waals surface area contributed by atoms with Crippen LogP contribution in [-0.4, -0.2) is 104 Å². The lowest BCUT2D eigenvalue weighted by molar-refractivity contribution is -0.142. The van der Waals surface area contributed by atoms with E-state index >= 15 is 0 Å². The fourth-order valence-corrected chi connectivity index (χ4v) is 10.0. The van der Waals surface area contributed by atoms with Gasteiger partial charge < -0.3 is 31.5 Å². The summed E-state index contributed by atoms with van der Waals surface area (Å²) in [5, 5.41) is 37.2. The number of sulfone groups is 1. The Kier molecular flexibility index (Phi) is 10.4. The van der Waals surface area contributed by atoms with Gasteiger partial charge in [-0.3, -0.25) is 19.2 Å². The van der Waals surface area contributed by atoms with Crippen LogP contribution in [0.5, 0.6) is 0 Å². The Bertz CT molecular complexity index is 1950. The molecule has 1 saturated carbocycles. The minimum absolute atomic E-state index is 0.0196. The molecule has 3 fully saturated rings. The third kappa shape index (κ3) is 7.83. The van der Waals surface area contributed by atoms with Gasteiger partial charge in [0.1, 0.15) is 17.7 Å². The summed E-state index contributed by atoms with van der Waals surface area (Å²) in [6.45, 7) is 3.06. The lowest BCUT2D eigenvalue weighted by atomic mass is 9.84. The molecule has 15 nitrogen and oxygen atoms in total. The van der Waals surface area contributed by atoms with Gasteiger partial charge >= 0.3 is 0 Å². The Morgan fingerprint density at radius 2 is 1.79 bits per heavy atom. The smallest absolute Gasteiger partial charge is 0.251 e. The molecule has 2 unspecified atom stereocenters. The number of primary amides is 1. The second kappa shape index (κ2) is 14.5. The molecule has 6 rings (SSSR count). The quantitative estimate of drug-likeness (QED) is 0.188. The predicted octanol–water partition coefficient (Wildman–Crippen LogP) is 1.09. The lowest BCUT2D eigenvalue weighted by Crippen LogP contribution is -2.64. The molecule has 3 aliphatic rings. The van der Waals surface area contributed by atoms with Gasteiger partial charge in [-0.2, -0.15) is 0 Å². The maximum absolute atomic E-state index is 14.8. The first-order valence-corrected chi connectivity index (χ1v) is 19.6. The average molecular weight is 738 g/mol. The van der Waals surface area contributed by atoms with E-state index in [1.807, 2.05) is 30.3 Å². The van der Waals surface area contributed by atoms with E-state index < -0.39 is 74.6 Å². The molecule has 2 aliphatic heterocycles. The number of fused-ring (bicyclic) bond motifs is 1. The Morgan fingerprint density at radius 3 is 2.44 bits per heavy atom. The highest BCUT2D eigenvalue weighted by Crippen LogP contribution is 2.35. The van der Waals surface area contributed by atoms with Gasteiger partial charge in [0.15, 0.2) is 15.9 Å². The number of amides is 4. The van der Waals surface area contributed by atoms with Crippen LogP contribution < -0.4 is 16.4 Å². The maximum Gasteiger partial charge on any atom is 0.251 e. The number of aliphatic hydroxyl groups is 2. The minimum atomic E-state index is -3.74. The van der Waals surface area contributed by atoms with Gasteiger partial charge in [-0.1, -0.05) is 67.6 Å². The van der Waals surface area contributed by atoms with E-state index in [1.165, 1.54) is 15.8 Å². The van der Waals surface area contributed by atoms with E-state index in [0.717, 1.165) is 42.9 Å². The molecule has 0 radical (unpaired) electrons. The normalized spacial score (nSPS) is 24.7. The number of rotatable bonds is 11. The van der Waals surface area contributed by atoms with Gasteiger partial charge in [0.2, 0.25) is 17.7 Å². The first kappa shape index (κ1) is 37.4. The summed E-state index contributed by atoms with van der Waals surface area (Å²) in [6.07, 6.45) is 4.32. The monoisotopic (exact) mass is 737 g/mol. The van der Waals surface area contributed by atoms with E-state index in [0.29, 0.717) is 17.7 Å². The lowest BCUT2D eigenvalue weighted by Gasteiger charge is -2.36. The van der Waals surface area contributed by atoms with E-state index in [4.69, 9.17) is 5.73 Å². The molecule has 5 atom stereocenters. The molecule has 16 heteroatoms. The largest absolute Gasteiger partial charge is 0.384 e. The highest BCUT2D eigenvalue weighted by Gasteiger charge is 2.53. The van der Waals surface area contributed by atoms with Crippen LogP contribution >= 0.6 is 0 Å². The number of hydrogen-bond acceptors (Lipinski definition) is 10. The van der Waals surface area contributed by atoms with Crippen molar-refractivity contribution < 1.29 is 37.8 Å². The molecule has 1 aromatic heterocycles. The van der Waals surface area contributed by atoms with Crippen molar-refractivity contribution in [3.05, 3.63) is 59.9 Å². The van der Waals surface area contributed by atoms with Gasteiger partial charge in [0.25, 0.3) is 5.91 Å².